The monoisotopic (exact) mass is 326 g/mol. The highest BCUT2D eigenvalue weighted by Crippen LogP contribution is 2.31. The smallest absolute Gasteiger partial charge is 0.0929 e. The topological polar surface area (TPSA) is 33.1 Å². The summed E-state index contributed by atoms with van der Waals surface area (Å²) in [6, 6.07) is 7.98. The van der Waals surface area contributed by atoms with Crippen LogP contribution >= 0.6 is 0 Å². The van der Waals surface area contributed by atoms with Crippen molar-refractivity contribution in [3.05, 3.63) is 29.5 Å². The lowest BCUT2D eigenvalue weighted by atomic mass is 9.92. The summed E-state index contributed by atoms with van der Waals surface area (Å²) in [5, 5.41) is 10.0. The minimum atomic E-state index is 0.499. The highest BCUT2D eigenvalue weighted by atomic mass is 15.3. The molecule has 2 fully saturated rings. The highest BCUT2D eigenvalue weighted by Gasteiger charge is 2.23. The third kappa shape index (κ3) is 2.98. The zero-order valence-electron chi connectivity index (χ0n) is 15.3. The summed E-state index contributed by atoms with van der Waals surface area (Å²) in [4.78, 5) is 2.42. The van der Waals surface area contributed by atoms with Gasteiger partial charge in [-0.1, -0.05) is 19.1 Å². The Morgan fingerprint density at radius 2 is 1.92 bits per heavy atom. The van der Waals surface area contributed by atoms with Crippen molar-refractivity contribution in [3.8, 4) is 0 Å². The molecule has 1 N–H and O–H groups in total. The minimum Gasteiger partial charge on any atom is -0.310 e. The molecule has 130 valence electrons. The van der Waals surface area contributed by atoms with E-state index in [-0.39, 0.29) is 0 Å². The molecule has 1 aromatic heterocycles. The van der Waals surface area contributed by atoms with Crippen LogP contribution in [0.1, 0.15) is 55.9 Å². The maximum absolute atomic E-state index is 5.00. The van der Waals surface area contributed by atoms with Crippen LogP contribution < -0.4 is 5.32 Å². The fraction of sp³-hybridized carbons (Fsp3) is 0.650. The Bertz CT molecular complexity index is 704. The lowest BCUT2D eigenvalue weighted by Crippen LogP contribution is -2.32. The first-order valence-electron chi connectivity index (χ1n) is 9.52. The summed E-state index contributed by atoms with van der Waals surface area (Å²) in [5.74, 6) is 0.802. The van der Waals surface area contributed by atoms with Gasteiger partial charge in [0.15, 0.2) is 0 Å². The normalized spacial score (nSPS) is 27.0. The summed E-state index contributed by atoms with van der Waals surface area (Å²) >= 11 is 0. The van der Waals surface area contributed by atoms with Gasteiger partial charge in [-0.25, -0.2) is 0 Å². The van der Waals surface area contributed by atoms with Crippen LogP contribution in [0.3, 0.4) is 0 Å². The molecule has 24 heavy (non-hydrogen) atoms. The van der Waals surface area contributed by atoms with E-state index in [0.717, 1.165) is 12.5 Å². The Labute approximate surface area is 145 Å². The number of rotatable bonds is 2. The summed E-state index contributed by atoms with van der Waals surface area (Å²) in [5.41, 5.74) is 3.91. The van der Waals surface area contributed by atoms with Crippen molar-refractivity contribution >= 4 is 10.9 Å². The predicted molar refractivity (Wildman–Crippen MR) is 99.4 cm³/mol. The van der Waals surface area contributed by atoms with Crippen LogP contribution in [0.15, 0.2) is 18.2 Å². The lowest BCUT2D eigenvalue weighted by Gasteiger charge is -2.29. The molecule has 0 saturated carbocycles. The van der Waals surface area contributed by atoms with E-state index in [1.165, 1.54) is 60.9 Å². The number of aromatic nitrogens is 2. The molecule has 2 aromatic rings. The molecule has 1 unspecified atom stereocenters. The van der Waals surface area contributed by atoms with Gasteiger partial charge in [0.2, 0.25) is 0 Å². The molecule has 0 bridgehead atoms. The van der Waals surface area contributed by atoms with Crippen LogP contribution in [0.25, 0.3) is 10.9 Å². The van der Waals surface area contributed by atoms with E-state index in [9.17, 15) is 0 Å². The van der Waals surface area contributed by atoms with Crippen molar-refractivity contribution in [2.75, 3.05) is 26.7 Å². The van der Waals surface area contributed by atoms with Gasteiger partial charge in [-0.05, 0) is 76.8 Å². The van der Waals surface area contributed by atoms with Crippen LogP contribution in [0.5, 0.6) is 0 Å². The van der Waals surface area contributed by atoms with E-state index in [4.69, 9.17) is 5.10 Å². The number of likely N-dealkylation sites (tertiary alicyclic amines) is 1. The average molecular weight is 326 g/mol. The third-order valence-corrected chi connectivity index (χ3v) is 6.07. The van der Waals surface area contributed by atoms with Crippen molar-refractivity contribution < 1.29 is 0 Å². The minimum absolute atomic E-state index is 0.499. The van der Waals surface area contributed by atoms with Gasteiger partial charge in [0.1, 0.15) is 0 Å². The number of hydrogen-bond acceptors (Lipinski definition) is 3. The second kappa shape index (κ2) is 6.49. The second-order valence-electron chi connectivity index (χ2n) is 7.98. The van der Waals surface area contributed by atoms with Gasteiger partial charge in [-0.3, -0.25) is 4.68 Å². The Hall–Kier alpha value is -1.39. The second-order valence-corrected chi connectivity index (χ2v) is 7.98. The molecule has 0 amide bonds. The molecule has 2 atom stereocenters. The Balaban J connectivity index is 1.61. The molecule has 1 aromatic carbocycles. The van der Waals surface area contributed by atoms with E-state index >= 15 is 0 Å². The van der Waals surface area contributed by atoms with Crippen LogP contribution in [0.2, 0.25) is 0 Å². The Kier molecular flexibility index (Phi) is 4.35. The van der Waals surface area contributed by atoms with Crippen LogP contribution in [-0.4, -0.2) is 41.4 Å². The standard InChI is InChI=1S/C20H30N4/c1-14-4-7-19(21-13-14)16-5-6-18-15(2)24(22-20(18)12-16)17-8-10-23(3)11-9-17/h5-6,12,14,17,19,21H,4,7-11,13H2,1-3H3/t14-,19?/m0/s1. The number of nitrogens with one attached hydrogen (secondary N) is 1. The number of nitrogens with zero attached hydrogens (tertiary/aromatic N) is 3. The van der Waals surface area contributed by atoms with Gasteiger partial charge < -0.3 is 10.2 Å². The first-order chi connectivity index (χ1) is 11.6. The van der Waals surface area contributed by atoms with Gasteiger partial charge in [-0.2, -0.15) is 5.10 Å². The summed E-state index contributed by atoms with van der Waals surface area (Å²) in [7, 11) is 2.22. The first-order valence-corrected chi connectivity index (χ1v) is 9.52. The van der Waals surface area contributed by atoms with Gasteiger partial charge in [0.05, 0.1) is 11.6 Å². The quantitative estimate of drug-likeness (QED) is 0.914. The molecule has 0 aliphatic carbocycles. The molecular weight excluding hydrogens is 296 g/mol. The average Bonchev–Trinajstić information content (AvgIpc) is 2.92. The molecule has 2 saturated heterocycles. The van der Waals surface area contributed by atoms with Crippen molar-refractivity contribution in [1.29, 1.82) is 0 Å². The summed E-state index contributed by atoms with van der Waals surface area (Å²) in [6.07, 6.45) is 4.97. The number of hydrogen-bond donors (Lipinski definition) is 1. The van der Waals surface area contributed by atoms with Crippen LogP contribution in [0.4, 0.5) is 0 Å². The maximum Gasteiger partial charge on any atom is 0.0929 e. The molecule has 4 nitrogen and oxygen atoms in total. The van der Waals surface area contributed by atoms with Crippen molar-refractivity contribution in [2.45, 2.75) is 51.6 Å². The van der Waals surface area contributed by atoms with Crippen molar-refractivity contribution in [1.82, 2.24) is 20.0 Å². The number of aryl methyl sites for hydroxylation is 1. The highest BCUT2D eigenvalue weighted by molar-refractivity contribution is 5.82. The van der Waals surface area contributed by atoms with E-state index < -0.39 is 0 Å². The van der Waals surface area contributed by atoms with Gasteiger partial charge in [-0.15, -0.1) is 0 Å². The van der Waals surface area contributed by atoms with Gasteiger partial charge in [0, 0.05) is 17.1 Å². The zero-order chi connectivity index (χ0) is 16.7. The molecule has 2 aliphatic heterocycles. The predicted octanol–water partition coefficient (Wildman–Crippen LogP) is 3.67. The Morgan fingerprint density at radius 1 is 1.12 bits per heavy atom. The van der Waals surface area contributed by atoms with Crippen molar-refractivity contribution in [2.24, 2.45) is 5.92 Å². The number of fused-ring (bicyclic) bond motifs is 1. The fourth-order valence-electron chi connectivity index (χ4n) is 4.35. The van der Waals surface area contributed by atoms with Gasteiger partial charge >= 0.3 is 0 Å². The van der Waals surface area contributed by atoms with Crippen LogP contribution in [0, 0.1) is 12.8 Å². The number of piperidine rings is 2. The molecule has 0 radical (unpaired) electrons. The molecule has 4 heteroatoms. The molecule has 2 aliphatic rings. The zero-order valence-corrected chi connectivity index (χ0v) is 15.3. The SMILES string of the molecule is Cc1c2ccc(C3CC[C@H](C)CN3)cc2nn1C1CCN(C)CC1. The first kappa shape index (κ1) is 16.1. The van der Waals surface area contributed by atoms with Crippen molar-refractivity contribution in [3.63, 3.8) is 0 Å². The molecule has 4 rings (SSSR count). The van der Waals surface area contributed by atoms with Crippen LogP contribution in [-0.2, 0) is 0 Å². The van der Waals surface area contributed by atoms with E-state index in [1.54, 1.807) is 0 Å². The fourth-order valence-corrected chi connectivity index (χ4v) is 4.35. The van der Waals surface area contributed by atoms with E-state index in [1.807, 2.05) is 0 Å². The molecular formula is C20H30N4. The van der Waals surface area contributed by atoms with E-state index in [0.29, 0.717) is 12.1 Å². The van der Waals surface area contributed by atoms with Gasteiger partial charge in [0.25, 0.3) is 0 Å². The Morgan fingerprint density at radius 3 is 2.62 bits per heavy atom. The summed E-state index contributed by atoms with van der Waals surface area (Å²) < 4.78 is 2.30. The molecule has 0 spiro atoms. The van der Waals surface area contributed by atoms with E-state index in [2.05, 4.69) is 54.0 Å². The summed E-state index contributed by atoms with van der Waals surface area (Å²) in [6.45, 7) is 8.05. The third-order valence-electron chi connectivity index (χ3n) is 6.07. The number of benzene rings is 1. The maximum atomic E-state index is 5.00. The molecule has 3 heterocycles. The largest absolute Gasteiger partial charge is 0.310 e. The lowest BCUT2D eigenvalue weighted by molar-refractivity contribution is 0.211.